The van der Waals surface area contributed by atoms with Crippen molar-refractivity contribution in [3.05, 3.63) is 17.7 Å². The van der Waals surface area contributed by atoms with Crippen molar-refractivity contribution in [1.29, 1.82) is 10.8 Å². The van der Waals surface area contributed by atoms with Gasteiger partial charge in [-0.2, -0.15) is 10.4 Å². The van der Waals surface area contributed by atoms with Crippen LogP contribution in [0.25, 0.3) is 0 Å². The summed E-state index contributed by atoms with van der Waals surface area (Å²) in [4.78, 5) is 0. The smallest absolute Gasteiger partial charge is 0.189 e. The third-order valence-corrected chi connectivity index (χ3v) is 1.86. The van der Waals surface area contributed by atoms with Crippen LogP contribution in [-0.4, -0.2) is 21.0 Å². The molecule has 84 valence electrons. The molecule has 0 saturated carbocycles. The predicted molar refractivity (Wildman–Crippen MR) is 55.0 cm³/mol. The van der Waals surface area contributed by atoms with E-state index in [1.54, 1.807) is 6.07 Å². The van der Waals surface area contributed by atoms with Crippen LogP contribution >= 0.6 is 0 Å². The van der Waals surface area contributed by atoms with Crippen molar-refractivity contribution in [2.75, 3.05) is 21.0 Å². The normalized spacial score (nSPS) is 9.31. The van der Waals surface area contributed by atoms with Crippen LogP contribution in [0.5, 0.6) is 11.5 Å². The summed E-state index contributed by atoms with van der Waals surface area (Å²) >= 11 is 0. The first-order chi connectivity index (χ1) is 7.78. The molecule has 0 aliphatic rings. The van der Waals surface area contributed by atoms with E-state index in [1.807, 2.05) is 6.07 Å². The number of hydrogen-bond acceptors (Lipinski definition) is 6. The lowest BCUT2D eigenvalue weighted by Gasteiger charge is -2.11. The zero-order chi connectivity index (χ0) is 12.0. The third kappa shape index (κ3) is 2.27. The fourth-order valence-corrected chi connectivity index (χ4v) is 1.19. The molecule has 6 heteroatoms. The van der Waals surface area contributed by atoms with Crippen LogP contribution in [0.15, 0.2) is 17.2 Å². The van der Waals surface area contributed by atoms with E-state index in [-0.39, 0.29) is 23.8 Å². The molecule has 1 N–H and O–H groups in total. The molecule has 6 nitrogen and oxygen atoms in total. The van der Waals surface area contributed by atoms with E-state index in [1.165, 1.54) is 20.3 Å². The van der Waals surface area contributed by atoms with Crippen molar-refractivity contribution in [2.24, 2.45) is 5.11 Å². The minimum Gasteiger partial charge on any atom is -0.491 e. The molecule has 0 amide bonds. The Morgan fingerprint density at radius 2 is 2.19 bits per heavy atom. The standard InChI is InChI=1S/C10H11N3O3/c1-14-6-16-8-4-3-7(5-11)9(13-12)10(8)15-2/h3-4,12H,6H2,1-2H3. The van der Waals surface area contributed by atoms with Gasteiger partial charge in [0.1, 0.15) is 11.8 Å². The van der Waals surface area contributed by atoms with Crippen molar-refractivity contribution in [3.8, 4) is 17.6 Å². The van der Waals surface area contributed by atoms with Gasteiger partial charge in [-0.05, 0) is 12.1 Å². The molecular formula is C10H11N3O3. The van der Waals surface area contributed by atoms with E-state index in [4.69, 9.17) is 25.0 Å². The van der Waals surface area contributed by atoms with Gasteiger partial charge in [0.15, 0.2) is 18.3 Å². The zero-order valence-corrected chi connectivity index (χ0v) is 8.98. The fourth-order valence-electron chi connectivity index (χ4n) is 1.19. The molecule has 1 aromatic rings. The maximum absolute atomic E-state index is 8.82. The van der Waals surface area contributed by atoms with E-state index in [0.29, 0.717) is 5.75 Å². The first-order valence-corrected chi connectivity index (χ1v) is 4.38. The van der Waals surface area contributed by atoms with Crippen molar-refractivity contribution < 1.29 is 14.2 Å². The average Bonchev–Trinajstić information content (AvgIpc) is 2.34. The molecule has 0 spiro atoms. The van der Waals surface area contributed by atoms with Crippen LogP contribution in [0.1, 0.15) is 5.56 Å². The van der Waals surface area contributed by atoms with Gasteiger partial charge in [-0.25, -0.2) is 5.53 Å². The maximum Gasteiger partial charge on any atom is 0.189 e. The van der Waals surface area contributed by atoms with Crippen molar-refractivity contribution in [1.82, 2.24) is 0 Å². The highest BCUT2D eigenvalue weighted by molar-refractivity contribution is 5.67. The number of nitriles is 1. The van der Waals surface area contributed by atoms with Crippen LogP contribution in [-0.2, 0) is 4.74 Å². The van der Waals surface area contributed by atoms with Crippen LogP contribution in [0.4, 0.5) is 5.69 Å². The number of hydrogen-bond donors (Lipinski definition) is 1. The predicted octanol–water partition coefficient (Wildman–Crippen LogP) is 2.21. The maximum atomic E-state index is 8.82. The molecule has 0 aliphatic carbocycles. The lowest BCUT2D eigenvalue weighted by atomic mass is 10.1. The van der Waals surface area contributed by atoms with Crippen molar-refractivity contribution >= 4 is 5.69 Å². The molecule has 0 heterocycles. The molecule has 0 fully saturated rings. The summed E-state index contributed by atoms with van der Waals surface area (Å²) in [5.74, 6) is 0.639. The average molecular weight is 221 g/mol. The van der Waals surface area contributed by atoms with Crippen LogP contribution in [0.2, 0.25) is 0 Å². The lowest BCUT2D eigenvalue weighted by molar-refractivity contribution is 0.0492. The van der Waals surface area contributed by atoms with Gasteiger partial charge in [-0.1, -0.05) is 0 Å². The number of nitrogens with one attached hydrogen (secondary N) is 1. The van der Waals surface area contributed by atoms with Crippen molar-refractivity contribution in [3.63, 3.8) is 0 Å². The molecule has 0 saturated heterocycles. The molecular weight excluding hydrogens is 210 g/mol. The Bertz CT molecular complexity index is 426. The summed E-state index contributed by atoms with van der Waals surface area (Å²) in [5, 5.41) is 12.1. The number of methoxy groups -OCH3 is 2. The van der Waals surface area contributed by atoms with E-state index in [2.05, 4.69) is 5.11 Å². The zero-order valence-electron chi connectivity index (χ0n) is 8.98. The molecule has 1 aromatic carbocycles. The van der Waals surface area contributed by atoms with Gasteiger partial charge in [0, 0.05) is 7.11 Å². The van der Waals surface area contributed by atoms with Gasteiger partial charge in [-0.3, -0.25) is 0 Å². The van der Waals surface area contributed by atoms with Gasteiger partial charge in [-0.15, -0.1) is 0 Å². The number of rotatable bonds is 5. The monoisotopic (exact) mass is 221 g/mol. The molecule has 16 heavy (non-hydrogen) atoms. The second-order valence-electron chi connectivity index (χ2n) is 2.77. The summed E-state index contributed by atoms with van der Waals surface area (Å²) in [5.41, 5.74) is 7.43. The van der Waals surface area contributed by atoms with Gasteiger partial charge < -0.3 is 14.2 Å². The second kappa shape index (κ2) is 5.68. The van der Waals surface area contributed by atoms with Crippen molar-refractivity contribution in [2.45, 2.75) is 0 Å². The topological polar surface area (TPSA) is 87.7 Å². The number of nitrogens with zero attached hydrogens (tertiary/aromatic N) is 2. The summed E-state index contributed by atoms with van der Waals surface area (Å²) in [7, 11) is 2.91. The van der Waals surface area contributed by atoms with Gasteiger partial charge in [0.05, 0.1) is 12.7 Å². The minimum atomic E-state index is 0.0553. The quantitative estimate of drug-likeness (QED) is 0.609. The van der Waals surface area contributed by atoms with E-state index >= 15 is 0 Å². The van der Waals surface area contributed by atoms with Crippen LogP contribution in [0.3, 0.4) is 0 Å². The number of ether oxygens (including phenoxy) is 3. The van der Waals surface area contributed by atoms with Crippen LogP contribution in [0, 0.1) is 16.9 Å². The Morgan fingerprint density at radius 3 is 2.69 bits per heavy atom. The Balaban J connectivity index is 3.21. The molecule has 0 aliphatic heterocycles. The first kappa shape index (κ1) is 11.9. The summed E-state index contributed by atoms with van der Waals surface area (Å²) in [6.45, 7) is 0.0553. The molecule has 0 aromatic heterocycles. The van der Waals surface area contributed by atoms with Gasteiger partial charge in [0.25, 0.3) is 0 Å². The molecule has 0 bridgehead atoms. The Hall–Kier alpha value is -2.13. The molecule has 0 radical (unpaired) electrons. The van der Waals surface area contributed by atoms with Gasteiger partial charge in [0.2, 0.25) is 0 Å². The molecule has 1 rings (SSSR count). The second-order valence-corrected chi connectivity index (χ2v) is 2.77. The fraction of sp³-hybridized carbons (Fsp3) is 0.300. The summed E-state index contributed by atoms with van der Waals surface area (Å²) in [6.07, 6.45) is 0. The largest absolute Gasteiger partial charge is 0.491 e. The van der Waals surface area contributed by atoms with E-state index in [9.17, 15) is 0 Å². The Morgan fingerprint density at radius 1 is 1.44 bits per heavy atom. The number of benzene rings is 1. The lowest BCUT2D eigenvalue weighted by Crippen LogP contribution is -2.01. The highest BCUT2D eigenvalue weighted by atomic mass is 16.7. The highest BCUT2D eigenvalue weighted by Crippen LogP contribution is 2.39. The first-order valence-electron chi connectivity index (χ1n) is 4.38. The van der Waals surface area contributed by atoms with E-state index < -0.39 is 0 Å². The highest BCUT2D eigenvalue weighted by Gasteiger charge is 2.14. The molecule has 0 unspecified atom stereocenters. The molecule has 0 atom stereocenters. The van der Waals surface area contributed by atoms with Crippen LogP contribution < -0.4 is 9.47 Å². The summed E-state index contributed by atoms with van der Waals surface area (Å²) in [6, 6.07) is 5.01. The third-order valence-electron chi connectivity index (χ3n) is 1.86. The minimum absolute atomic E-state index is 0.0553. The van der Waals surface area contributed by atoms with Gasteiger partial charge >= 0.3 is 0 Å². The Labute approximate surface area is 92.9 Å². The Kier molecular flexibility index (Phi) is 4.24. The summed E-state index contributed by atoms with van der Waals surface area (Å²) < 4.78 is 15.0. The van der Waals surface area contributed by atoms with E-state index in [0.717, 1.165) is 0 Å². The SMILES string of the molecule is COCOc1ccc(C#N)c(N=N)c1OC.